The standard InChI is InChI=1S/C18H27N3O2/c1-4-6-9-12-18(3,23-5-2)21(19)16-13-17(22)20-15-11-8-7-10-14(15)16/h7-8,10-11,13H,4-6,9,12,19H2,1-3H3,(H,20,22). The third-order valence-electron chi connectivity index (χ3n) is 4.15. The fourth-order valence-electron chi connectivity index (χ4n) is 2.87. The van der Waals surface area contributed by atoms with E-state index in [0.29, 0.717) is 12.1 Å². The second-order valence-electron chi connectivity index (χ2n) is 5.95. The predicted octanol–water partition coefficient (Wildman–Crippen LogP) is 3.95. The quantitative estimate of drug-likeness (QED) is 0.334. The first kappa shape index (κ1) is 17.5. The van der Waals surface area contributed by atoms with Crippen LogP contribution in [0.3, 0.4) is 0 Å². The minimum absolute atomic E-state index is 0.0402. The fraction of sp³-hybridized carbons (Fsp3) is 0.500. The lowest BCUT2D eigenvalue weighted by Gasteiger charge is -2.39. The minimum atomic E-state index is -0.625. The number of aromatic hydroxyl groups is 1. The molecular weight excluding hydrogens is 290 g/mol. The van der Waals surface area contributed by atoms with Crippen LogP contribution in [-0.2, 0) is 4.74 Å². The Morgan fingerprint density at radius 2 is 2.00 bits per heavy atom. The summed E-state index contributed by atoms with van der Waals surface area (Å²) in [7, 11) is 0. The maximum absolute atomic E-state index is 9.94. The summed E-state index contributed by atoms with van der Waals surface area (Å²) < 4.78 is 5.98. The number of hydrogen-bond donors (Lipinski definition) is 2. The Labute approximate surface area is 138 Å². The summed E-state index contributed by atoms with van der Waals surface area (Å²) in [6, 6.07) is 9.24. The van der Waals surface area contributed by atoms with Gasteiger partial charge in [0.25, 0.3) is 0 Å². The first-order valence-electron chi connectivity index (χ1n) is 8.29. The van der Waals surface area contributed by atoms with Crippen molar-refractivity contribution in [3.8, 4) is 5.88 Å². The van der Waals surface area contributed by atoms with Gasteiger partial charge in [0.15, 0.2) is 5.72 Å². The Morgan fingerprint density at radius 1 is 1.26 bits per heavy atom. The molecule has 1 atom stereocenters. The Hall–Kier alpha value is -1.85. The number of para-hydroxylation sites is 1. The molecule has 0 spiro atoms. The van der Waals surface area contributed by atoms with E-state index in [1.165, 1.54) is 0 Å². The number of anilines is 1. The number of fused-ring (bicyclic) bond motifs is 1. The molecule has 1 aromatic carbocycles. The average Bonchev–Trinajstić information content (AvgIpc) is 2.54. The second-order valence-corrected chi connectivity index (χ2v) is 5.95. The number of nitrogens with two attached hydrogens (primary N) is 1. The number of nitrogens with zero attached hydrogens (tertiary/aromatic N) is 2. The summed E-state index contributed by atoms with van der Waals surface area (Å²) in [5.74, 6) is 6.41. The number of benzene rings is 1. The third-order valence-corrected chi connectivity index (χ3v) is 4.15. The molecule has 0 radical (unpaired) electrons. The van der Waals surface area contributed by atoms with Crippen LogP contribution in [0.15, 0.2) is 30.3 Å². The van der Waals surface area contributed by atoms with Crippen molar-refractivity contribution in [2.75, 3.05) is 11.6 Å². The van der Waals surface area contributed by atoms with E-state index in [1.54, 1.807) is 11.1 Å². The summed E-state index contributed by atoms with van der Waals surface area (Å²) in [5, 5.41) is 12.5. The fourth-order valence-corrected chi connectivity index (χ4v) is 2.87. The van der Waals surface area contributed by atoms with Crippen LogP contribution in [0.5, 0.6) is 5.88 Å². The number of pyridine rings is 1. The Kier molecular flexibility index (Phi) is 5.80. The van der Waals surface area contributed by atoms with E-state index in [0.717, 1.165) is 36.8 Å². The van der Waals surface area contributed by atoms with Crippen molar-refractivity contribution in [2.45, 2.75) is 52.2 Å². The highest BCUT2D eigenvalue weighted by molar-refractivity contribution is 5.92. The van der Waals surface area contributed by atoms with Gasteiger partial charge in [-0.25, -0.2) is 10.8 Å². The van der Waals surface area contributed by atoms with Crippen molar-refractivity contribution in [2.24, 2.45) is 5.84 Å². The van der Waals surface area contributed by atoms with Gasteiger partial charge in [-0.2, -0.15) is 0 Å². The second kappa shape index (κ2) is 7.62. The van der Waals surface area contributed by atoms with Crippen LogP contribution in [0, 0.1) is 0 Å². The molecule has 0 saturated carbocycles. The van der Waals surface area contributed by atoms with E-state index in [1.807, 2.05) is 38.1 Å². The zero-order valence-corrected chi connectivity index (χ0v) is 14.2. The molecule has 0 aliphatic carbocycles. The van der Waals surface area contributed by atoms with Gasteiger partial charge in [0.1, 0.15) is 0 Å². The highest BCUT2D eigenvalue weighted by Crippen LogP contribution is 2.33. The van der Waals surface area contributed by atoms with Crippen molar-refractivity contribution < 1.29 is 9.84 Å². The zero-order valence-electron chi connectivity index (χ0n) is 14.2. The van der Waals surface area contributed by atoms with Gasteiger partial charge in [0.2, 0.25) is 5.88 Å². The van der Waals surface area contributed by atoms with E-state index in [2.05, 4.69) is 11.9 Å². The molecule has 5 heteroatoms. The normalized spacial score (nSPS) is 13.9. The SMILES string of the molecule is CCCCCC(C)(OCC)N(N)c1cc(O)nc2ccccc12. The topological polar surface area (TPSA) is 71.6 Å². The number of hydrazine groups is 1. The highest BCUT2D eigenvalue weighted by Gasteiger charge is 2.31. The first-order valence-corrected chi connectivity index (χ1v) is 8.29. The molecule has 0 fully saturated rings. The van der Waals surface area contributed by atoms with Gasteiger partial charge in [-0.3, -0.25) is 5.01 Å². The molecule has 1 aromatic heterocycles. The molecule has 5 nitrogen and oxygen atoms in total. The Balaban J connectivity index is 2.41. The number of rotatable bonds is 8. The van der Waals surface area contributed by atoms with E-state index >= 15 is 0 Å². The van der Waals surface area contributed by atoms with Gasteiger partial charge in [-0.1, -0.05) is 38.0 Å². The lowest BCUT2D eigenvalue weighted by atomic mass is 10.0. The summed E-state index contributed by atoms with van der Waals surface area (Å²) in [6.07, 6.45) is 4.14. The number of ether oxygens (including phenoxy) is 1. The lowest BCUT2D eigenvalue weighted by Crippen LogP contribution is -2.53. The summed E-state index contributed by atoms with van der Waals surface area (Å²) >= 11 is 0. The van der Waals surface area contributed by atoms with Crippen molar-refractivity contribution in [3.05, 3.63) is 30.3 Å². The molecule has 3 N–H and O–H groups in total. The maximum atomic E-state index is 9.94. The molecule has 126 valence electrons. The first-order chi connectivity index (χ1) is 11.0. The molecule has 0 saturated heterocycles. The molecule has 0 amide bonds. The lowest BCUT2D eigenvalue weighted by molar-refractivity contribution is -0.0349. The summed E-state index contributed by atoms with van der Waals surface area (Å²) in [4.78, 5) is 4.15. The highest BCUT2D eigenvalue weighted by atomic mass is 16.5. The van der Waals surface area contributed by atoms with Gasteiger partial charge in [-0.05, 0) is 32.8 Å². The van der Waals surface area contributed by atoms with Crippen molar-refractivity contribution >= 4 is 16.6 Å². The van der Waals surface area contributed by atoms with Gasteiger partial charge >= 0.3 is 0 Å². The summed E-state index contributed by atoms with van der Waals surface area (Å²) in [6.45, 7) is 6.71. The molecule has 1 heterocycles. The third kappa shape index (κ3) is 3.92. The maximum Gasteiger partial charge on any atom is 0.213 e. The molecule has 2 rings (SSSR count). The minimum Gasteiger partial charge on any atom is -0.493 e. The van der Waals surface area contributed by atoms with Crippen LogP contribution < -0.4 is 10.9 Å². The molecule has 23 heavy (non-hydrogen) atoms. The van der Waals surface area contributed by atoms with Crippen LogP contribution in [0.2, 0.25) is 0 Å². The molecule has 0 bridgehead atoms. The molecular formula is C18H27N3O2. The van der Waals surface area contributed by atoms with Crippen molar-refractivity contribution in [3.63, 3.8) is 0 Å². The van der Waals surface area contributed by atoms with Crippen LogP contribution in [0.4, 0.5) is 5.69 Å². The monoisotopic (exact) mass is 317 g/mol. The van der Waals surface area contributed by atoms with Crippen LogP contribution in [0.1, 0.15) is 46.5 Å². The van der Waals surface area contributed by atoms with Crippen molar-refractivity contribution in [1.29, 1.82) is 0 Å². The number of unbranched alkanes of at least 4 members (excludes halogenated alkanes) is 2. The Bertz CT molecular complexity index is 647. The summed E-state index contributed by atoms with van der Waals surface area (Å²) in [5.41, 5.74) is 0.812. The van der Waals surface area contributed by atoms with E-state index in [4.69, 9.17) is 10.6 Å². The van der Waals surface area contributed by atoms with Gasteiger partial charge < -0.3 is 9.84 Å². The number of aromatic nitrogens is 1. The zero-order chi connectivity index (χ0) is 16.9. The molecule has 0 aliphatic rings. The Morgan fingerprint density at radius 3 is 2.70 bits per heavy atom. The van der Waals surface area contributed by atoms with Gasteiger partial charge in [0.05, 0.1) is 11.2 Å². The number of hydrogen-bond acceptors (Lipinski definition) is 5. The predicted molar refractivity (Wildman–Crippen MR) is 94.2 cm³/mol. The average molecular weight is 317 g/mol. The van der Waals surface area contributed by atoms with Crippen molar-refractivity contribution in [1.82, 2.24) is 4.98 Å². The van der Waals surface area contributed by atoms with Crippen LogP contribution in [-0.4, -0.2) is 22.4 Å². The van der Waals surface area contributed by atoms with Gasteiger partial charge in [0, 0.05) is 18.1 Å². The van der Waals surface area contributed by atoms with Crippen LogP contribution in [0.25, 0.3) is 10.9 Å². The van der Waals surface area contributed by atoms with Crippen LogP contribution >= 0.6 is 0 Å². The van der Waals surface area contributed by atoms with E-state index < -0.39 is 5.72 Å². The smallest absolute Gasteiger partial charge is 0.213 e. The van der Waals surface area contributed by atoms with E-state index in [-0.39, 0.29) is 5.88 Å². The van der Waals surface area contributed by atoms with E-state index in [9.17, 15) is 5.11 Å². The largest absolute Gasteiger partial charge is 0.493 e. The molecule has 0 aliphatic heterocycles. The molecule has 1 unspecified atom stereocenters. The molecule has 2 aromatic rings. The van der Waals surface area contributed by atoms with Gasteiger partial charge in [-0.15, -0.1) is 0 Å².